The van der Waals surface area contributed by atoms with Crippen molar-refractivity contribution in [2.75, 3.05) is 0 Å². The van der Waals surface area contributed by atoms with Gasteiger partial charge in [-0.3, -0.25) is 0 Å². The maximum absolute atomic E-state index is 12.8. The zero-order valence-corrected chi connectivity index (χ0v) is 12.7. The quantitative estimate of drug-likeness (QED) is 0.867. The average molecular weight is 325 g/mol. The van der Waals surface area contributed by atoms with Gasteiger partial charge in [-0.1, -0.05) is 48.0 Å². The van der Waals surface area contributed by atoms with Gasteiger partial charge in [0.1, 0.15) is 5.82 Å². The maximum atomic E-state index is 12.8. The monoisotopic (exact) mass is 324 g/mol. The van der Waals surface area contributed by atoms with Crippen molar-refractivity contribution in [2.45, 2.75) is 26.9 Å². The van der Waals surface area contributed by atoms with Crippen LogP contribution < -0.4 is 0 Å². The molecule has 0 saturated heterocycles. The molecule has 2 aromatic rings. The van der Waals surface area contributed by atoms with Crippen molar-refractivity contribution in [3.05, 3.63) is 69.4 Å². The number of aliphatic hydroxyl groups excluding tert-OH is 1. The fraction of sp³-hybridized carbons (Fsp3) is 0.250. The van der Waals surface area contributed by atoms with Crippen LogP contribution in [0.15, 0.2) is 46.9 Å². The highest BCUT2D eigenvalue weighted by Gasteiger charge is 2.04. The highest BCUT2D eigenvalue weighted by atomic mass is 79.9. The first-order valence-corrected chi connectivity index (χ1v) is 7.11. The van der Waals surface area contributed by atoms with Gasteiger partial charge < -0.3 is 5.11 Å². The van der Waals surface area contributed by atoms with Crippen LogP contribution in [0.25, 0.3) is 0 Å². The summed E-state index contributed by atoms with van der Waals surface area (Å²) in [5.74, 6) is -0.230. The van der Waals surface area contributed by atoms with E-state index in [1.54, 1.807) is 12.1 Å². The molecule has 1 nitrogen and oxygen atoms in total. The number of benzene rings is 2. The molecule has 0 aliphatic carbocycles. The molecule has 0 unspecified atom stereocenters. The molecule has 0 atom stereocenters. The second-order valence-electron chi connectivity index (χ2n) is 3.87. The van der Waals surface area contributed by atoms with Gasteiger partial charge in [0.15, 0.2) is 0 Å². The molecule has 0 bridgehead atoms. The zero-order chi connectivity index (χ0) is 14.3. The highest BCUT2D eigenvalue weighted by molar-refractivity contribution is 9.10. The highest BCUT2D eigenvalue weighted by Crippen LogP contribution is 2.19. The fourth-order valence-electron chi connectivity index (χ4n) is 1.74. The van der Waals surface area contributed by atoms with E-state index in [0.29, 0.717) is 6.42 Å². The fourth-order valence-corrected chi connectivity index (χ4v) is 2.14. The van der Waals surface area contributed by atoms with Gasteiger partial charge >= 0.3 is 0 Å². The van der Waals surface area contributed by atoms with Gasteiger partial charge in [0.25, 0.3) is 0 Å². The Bertz CT molecular complexity index is 509. The predicted octanol–water partition coefficient (Wildman–Crippen LogP) is 4.70. The van der Waals surface area contributed by atoms with Gasteiger partial charge in [0.05, 0.1) is 6.61 Å². The smallest absolute Gasteiger partial charge is 0.123 e. The predicted molar refractivity (Wildman–Crippen MR) is 80.6 cm³/mol. The van der Waals surface area contributed by atoms with E-state index >= 15 is 0 Å². The van der Waals surface area contributed by atoms with Gasteiger partial charge in [0, 0.05) is 4.47 Å². The lowest BCUT2D eigenvalue weighted by molar-refractivity contribution is 0.280. The summed E-state index contributed by atoms with van der Waals surface area (Å²) >= 11 is 3.37. The Hall–Kier alpha value is -1.19. The summed E-state index contributed by atoms with van der Waals surface area (Å²) in [5, 5.41) is 9.28. The molecule has 2 aromatic carbocycles. The summed E-state index contributed by atoms with van der Waals surface area (Å²) in [6.45, 7) is 4.01. The van der Waals surface area contributed by atoms with Crippen LogP contribution in [0.2, 0.25) is 0 Å². The minimum Gasteiger partial charge on any atom is -0.392 e. The van der Waals surface area contributed by atoms with Crippen LogP contribution in [0.4, 0.5) is 4.39 Å². The number of aliphatic hydroxyl groups is 1. The van der Waals surface area contributed by atoms with Crippen molar-refractivity contribution >= 4 is 15.9 Å². The summed E-state index contributed by atoms with van der Waals surface area (Å²) < 4.78 is 13.7. The summed E-state index contributed by atoms with van der Waals surface area (Å²) in [6.07, 6.45) is 0.698. The summed E-state index contributed by atoms with van der Waals surface area (Å²) in [5.41, 5.74) is 2.98. The van der Waals surface area contributed by atoms with Crippen molar-refractivity contribution in [1.29, 1.82) is 0 Å². The second-order valence-corrected chi connectivity index (χ2v) is 4.79. The largest absolute Gasteiger partial charge is 0.392 e. The second kappa shape index (κ2) is 8.08. The first-order valence-electron chi connectivity index (χ1n) is 6.31. The zero-order valence-electron chi connectivity index (χ0n) is 11.2. The Morgan fingerprint density at radius 2 is 1.63 bits per heavy atom. The SMILES string of the molecule is CC.OCc1cc(Br)ccc1Cc1ccc(F)cc1. The van der Waals surface area contributed by atoms with Crippen LogP contribution >= 0.6 is 15.9 Å². The number of hydrogen-bond donors (Lipinski definition) is 1. The third kappa shape index (κ3) is 4.77. The number of rotatable bonds is 3. The summed E-state index contributed by atoms with van der Waals surface area (Å²) in [4.78, 5) is 0. The van der Waals surface area contributed by atoms with Crippen LogP contribution in [0.5, 0.6) is 0 Å². The summed E-state index contributed by atoms with van der Waals surface area (Å²) in [7, 11) is 0. The van der Waals surface area contributed by atoms with Crippen LogP contribution in [0.1, 0.15) is 30.5 Å². The lowest BCUT2D eigenvalue weighted by atomic mass is 10.0. The Kier molecular flexibility index (Phi) is 6.74. The van der Waals surface area contributed by atoms with Gasteiger partial charge in [-0.05, 0) is 47.4 Å². The molecule has 2 rings (SSSR count). The van der Waals surface area contributed by atoms with E-state index in [1.165, 1.54) is 12.1 Å². The van der Waals surface area contributed by atoms with E-state index in [1.807, 2.05) is 32.0 Å². The standard InChI is InChI=1S/C14H12BrFO.C2H6/c15-13-4-3-11(12(8-13)9-17)7-10-1-5-14(16)6-2-10;1-2/h1-6,8,17H,7,9H2;1-2H3. The molecule has 0 heterocycles. The van der Waals surface area contributed by atoms with Crippen LogP contribution in [0, 0.1) is 5.82 Å². The van der Waals surface area contributed by atoms with Crippen LogP contribution in [0.3, 0.4) is 0 Å². The van der Waals surface area contributed by atoms with E-state index in [-0.39, 0.29) is 12.4 Å². The lowest BCUT2D eigenvalue weighted by Crippen LogP contribution is -1.96. The first-order chi connectivity index (χ1) is 9.19. The van der Waals surface area contributed by atoms with E-state index in [9.17, 15) is 9.50 Å². The Balaban J connectivity index is 0.000000861. The normalized spacial score (nSPS) is 9.74. The molecule has 0 aliphatic rings. The van der Waals surface area contributed by atoms with Gasteiger partial charge in [-0.2, -0.15) is 0 Å². The molecule has 0 radical (unpaired) electrons. The van der Waals surface area contributed by atoms with Crippen molar-refractivity contribution in [2.24, 2.45) is 0 Å². The van der Waals surface area contributed by atoms with Gasteiger partial charge in [-0.25, -0.2) is 4.39 Å². The molecule has 0 amide bonds. The molecule has 0 fully saturated rings. The van der Waals surface area contributed by atoms with Gasteiger partial charge in [-0.15, -0.1) is 0 Å². The molecule has 102 valence electrons. The average Bonchev–Trinajstić information content (AvgIpc) is 2.45. The first kappa shape index (κ1) is 15.9. The Labute approximate surface area is 122 Å². The summed E-state index contributed by atoms with van der Waals surface area (Å²) in [6, 6.07) is 12.2. The molecule has 19 heavy (non-hydrogen) atoms. The van der Waals surface area contributed by atoms with E-state index in [2.05, 4.69) is 15.9 Å². The molecule has 0 saturated carbocycles. The molecule has 1 N–H and O–H groups in total. The van der Waals surface area contributed by atoms with Crippen LogP contribution in [-0.2, 0) is 13.0 Å². The molecule has 0 aliphatic heterocycles. The van der Waals surface area contributed by atoms with Crippen LogP contribution in [-0.4, -0.2) is 5.11 Å². The van der Waals surface area contributed by atoms with Crippen molar-refractivity contribution in [1.82, 2.24) is 0 Å². The minimum absolute atomic E-state index is 0.00989. The van der Waals surface area contributed by atoms with Crippen molar-refractivity contribution in [3.63, 3.8) is 0 Å². The molecule has 3 heteroatoms. The Morgan fingerprint density at radius 3 is 2.21 bits per heavy atom. The van der Waals surface area contributed by atoms with Crippen molar-refractivity contribution in [3.8, 4) is 0 Å². The molecule has 0 aromatic heterocycles. The topological polar surface area (TPSA) is 20.2 Å². The van der Waals surface area contributed by atoms with Crippen molar-refractivity contribution < 1.29 is 9.50 Å². The third-order valence-corrected chi connectivity index (χ3v) is 3.14. The van der Waals surface area contributed by atoms with Gasteiger partial charge in [0.2, 0.25) is 0 Å². The molecule has 0 spiro atoms. The van der Waals surface area contributed by atoms with E-state index in [0.717, 1.165) is 21.2 Å². The lowest BCUT2D eigenvalue weighted by Gasteiger charge is -2.08. The number of halogens is 2. The molecular weight excluding hydrogens is 307 g/mol. The van der Waals surface area contributed by atoms with E-state index in [4.69, 9.17) is 0 Å². The van der Waals surface area contributed by atoms with E-state index < -0.39 is 0 Å². The molecular formula is C16H18BrFO. The Morgan fingerprint density at radius 1 is 1.00 bits per heavy atom. The third-order valence-electron chi connectivity index (χ3n) is 2.65. The maximum Gasteiger partial charge on any atom is 0.123 e. The number of hydrogen-bond acceptors (Lipinski definition) is 1. The minimum atomic E-state index is -0.230.